The fraction of sp³-hybridized carbons (Fsp3) is 0.500. The fourth-order valence-electron chi connectivity index (χ4n) is 1.92. The first-order valence-electron chi connectivity index (χ1n) is 6.91. The summed E-state index contributed by atoms with van der Waals surface area (Å²) in [5, 5.41) is 7.56. The van der Waals surface area contributed by atoms with E-state index in [0.717, 1.165) is 48.8 Å². The molecule has 0 aromatic carbocycles. The molecule has 0 amide bonds. The molecule has 0 bridgehead atoms. The van der Waals surface area contributed by atoms with E-state index in [1.165, 1.54) is 0 Å². The number of nitrogens with one attached hydrogen (secondary N) is 1. The van der Waals surface area contributed by atoms with Crippen molar-refractivity contribution in [3.05, 3.63) is 24.3 Å². The topological polar surface area (TPSA) is 55.6 Å². The number of nitrogens with zero attached hydrogens (tertiary/aromatic N) is 4. The summed E-state index contributed by atoms with van der Waals surface area (Å²) >= 11 is 0. The van der Waals surface area contributed by atoms with Crippen molar-refractivity contribution in [3.8, 4) is 11.3 Å². The maximum atomic E-state index is 4.62. The highest BCUT2D eigenvalue weighted by Gasteiger charge is 2.08. The lowest BCUT2D eigenvalue weighted by molar-refractivity contribution is 0.660. The Balaban J connectivity index is 2.36. The molecule has 102 valence electrons. The normalized spacial score (nSPS) is 10.7. The van der Waals surface area contributed by atoms with Gasteiger partial charge in [0.1, 0.15) is 11.6 Å². The van der Waals surface area contributed by atoms with Gasteiger partial charge in [-0.15, -0.1) is 0 Å². The van der Waals surface area contributed by atoms with Gasteiger partial charge in [0.15, 0.2) is 0 Å². The van der Waals surface area contributed by atoms with Crippen LogP contribution in [0, 0.1) is 0 Å². The van der Waals surface area contributed by atoms with Gasteiger partial charge in [-0.25, -0.2) is 9.97 Å². The Kier molecular flexibility index (Phi) is 4.49. The minimum atomic E-state index is 0.857. The molecule has 0 spiro atoms. The second-order valence-electron chi connectivity index (χ2n) is 4.42. The summed E-state index contributed by atoms with van der Waals surface area (Å²) in [7, 11) is 0. The summed E-state index contributed by atoms with van der Waals surface area (Å²) in [5.74, 6) is 1.78. The summed E-state index contributed by atoms with van der Waals surface area (Å²) in [6.45, 7) is 8.00. The molecule has 2 heterocycles. The lowest BCUT2D eigenvalue weighted by Gasteiger charge is -2.07. The van der Waals surface area contributed by atoms with Crippen molar-refractivity contribution in [2.24, 2.45) is 0 Å². The maximum absolute atomic E-state index is 4.62. The van der Waals surface area contributed by atoms with E-state index in [1.54, 1.807) is 0 Å². The van der Waals surface area contributed by atoms with Crippen LogP contribution in [0.4, 0.5) is 5.82 Å². The Morgan fingerprint density at radius 3 is 2.68 bits per heavy atom. The first-order chi connectivity index (χ1) is 9.26. The van der Waals surface area contributed by atoms with Crippen molar-refractivity contribution in [1.82, 2.24) is 19.7 Å². The highest BCUT2D eigenvalue weighted by molar-refractivity contribution is 5.60. The molecule has 1 N–H and O–H groups in total. The average Bonchev–Trinajstić information content (AvgIpc) is 2.88. The fourth-order valence-corrected chi connectivity index (χ4v) is 1.92. The van der Waals surface area contributed by atoms with Crippen LogP contribution in [0.2, 0.25) is 0 Å². The van der Waals surface area contributed by atoms with Crippen LogP contribution in [0.25, 0.3) is 11.3 Å². The van der Waals surface area contributed by atoms with Crippen LogP contribution in [0.1, 0.15) is 33.0 Å². The zero-order chi connectivity index (χ0) is 13.7. The molecule has 2 rings (SSSR count). The minimum Gasteiger partial charge on any atom is -0.370 e. The van der Waals surface area contributed by atoms with Crippen LogP contribution >= 0.6 is 0 Å². The number of aryl methyl sites for hydroxylation is 2. The van der Waals surface area contributed by atoms with E-state index in [1.807, 2.05) is 23.1 Å². The van der Waals surface area contributed by atoms with Crippen molar-refractivity contribution in [3.63, 3.8) is 0 Å². The molecule has 0 saturated carbocycles. The van der Waals surface area contributed by atoms with Crippen molar-refractivity contribution in [2.45, 2.75) is 40.2 Å². The van der Waals surface area contributed by atoms with Gasteiger partial charge in [-0.2, -0.15) is 5.10 Å². The van der Waals surface area contributed by atoms with E-state index in [-0.39, 0.29) is 0 Å². The van der Waals surface area contributed by atoms with Crippen LogP contribution in [-0.4, -0.2) is 26.3 Å². The van der Waals surface area contributed by atoms with Gasteiger partial charge in [-0.3, -0.25) is 4.68 Å². The van der Waals surface area contributed by atoms with E-state index in [2.05, 4.69) is 41.2 Å². The SMILES string of the molecule is CCCc1nc(NCC)cc(-c2cnn(CC)c2)n1. The smallest absolute Gasteiger partial charge is 0.131 e. The Morgan fingerprint density at radius 1 is 1.21 bits per heavy atom. The summed E-state index contributed by atoms with van der Waals surface area (Å²) in [5.41, 5.74) is 1.98. The average molecular weight is 259 g/mol. The molecule has 0 aliphatic rings. The predicted molar refractivity (Wildman–Crippen MR) is 77.1 cm³/mol. The number of rotatable bonds is 6. The zero-order valence-electron chi connectivity index (χ0n) is 11.8. The molecule has 0 aliphatic carbocycles. The van der Waals surface area contributed by atoms with E-state index < -0.39 is 0 Å². The number of anilines is 1. The van der Waals surface area contributed by atoms with Crippen LogP contribution in [0.3, 0.4) is 0 Å². The first-order valence-corrected chi connectivity index (χ1v) is 6.91. The van der Waals surface area contributed by atoms with Gasteiger partial charge >= 0.3 is 0 Å². The zero-order valence-corrected chi connectivity index (χ0v) is 11.8. The third-order valence-electron chi connectivity index (χ3n) is 2.86. The molecule has 5 nitrogen and oxygen atoms in total. The van der Waals surface area contributed by atoms with Gasteiger partial charge in [0.2, 0.25) is 0 Å². The van der Waals surface area contributed by atoms with Crippen molar-refractivity contribution < 1.29 is 0 Å². The molecule has 0 saturated heterocycles. The van der Waals surface area contributed by atoms with Crippen molar-refractivity contribution in [2.75, 3.05) is 11.9 Å². The number of aromatic nitrogens is 4. The summed E-state index contributed by atoms with van der Waals surface area (Å²) < 4.78 is 1.91. The molecular formula is C14H21N5. The molecule has 2 aromatic rings. The van der Waals surface area contributed by atoms with Crippen LogP contribution in [0.15, 0.2) is 18.5 Å². The second kappa shape index (κ2) is 6.31. The van der Waals surface area contributed by atoms with Crippen LogP contribution < -0.4 is 5.32 Å². The minimum absolute atomic E-state index is 0.857. The Bertz CT molecular complexity index is 508. The molecule has 0 atom stereocenters. The lowest BCUT2D eigenvalue weighted by atomic mass is 10.2. The van der Waals surface area contributed by atoms with Gasteiger partial charge in [0.25, 0.3) is 0 Å². The summed E-state index contributed by atoms with van der Waals surface area (Å²) in [4.78, 5) is 9.13. The van der Waals surface area contributed by atoms with Crippen molar-refractivity contribution >= 4 is 5.82 Å². The predicted octanol–water partition coefficient (Wildman–Crippen LogP) is 2.74. The van der Waals surface area contributed by atoms with Crippen molar-refractivity contribution in [1.29, 1.82) is 0 Å². The van der Waals surface area contributed by atoms with Crippen LogP contribution in [0.5, 0.6) is 0 Å². The molecule has 0 aliphatic heterocycles. The molecule has 0 fully saturated rings. The Morgan fingerprint density at radius 2 is 2.05 bits per heavy atom. The monoisotopic (exact) mass is 259 g/mol. The quantitative estimate of drug-likeness (QED) is 0.866. The van der Waals surface area contributed by atoms with Crippen LogP contribution in [-0.2, 0) is 13.0 Å². The van der Waals surface area contributed by atoms with E-state index in [4.69, 9.17) is 0 Å². The molecule has 0 radical (unpaired) electrons. The number of hydrogen-bond donors (Lipinski definition) is 1. The van der Waals surface area contributed by atoms with E-state index in [0.29, 0.717) is 0 Å². The molecule has 0 unspecified atom stereocenters. The molecular weight excluding hydrogens is 238 g/mol. The first kappa shape index (κ1) is 13.5. The van der Waals surface area contributed by atoms with Gasteiger partial charge in [0.05, 0.1) is 11.9 Å². The molecule has 19 heavy (non-hydrogen) atoms. The number of hydrogen-bond acceptors (Lipinski definition) is 4. The highest BCUT2D eigenvalue weighted by Crippen LogP contribution is 2.19. The van der Waals surface area contributed by atoms with E-state index in [9.17, 15) is 0 Å². The maximum Gasteiger partial charge on any atom is 0.131 e. The summed E-state index contributed by atoms with van der Waals surface area (Å²) in [6.07, 6.45) is 5.82. The van der Waals surface area contributed by atoms with E-state index >= 15 is 0 Å². The largest absolute Gasteiger partial charge is 0.370 e. The highest BCUT2D eigenvalue weighted by atomic mass is 15.3. The Hall–Kier alpha value is -1.91. The third-order valence-corrected chi connectivity index (χ3v) is 2.86. The summed E-state index contributed by atoms with van der Waals surface area (Å²) in [6, 6.07) is 1.99. The lowest BCUT2D eigenvalue weighted by Crippen LogP contribution is -2.04. The molecule has 2 aromatic heterocycles. The Labute approximate surface area is 114 Å². The second-order valence-corrected chi connectivity index (χ2v) is 4.42. The molecule has 5 heteroatoms. The van der Waals surface area contributed by atoms with Gasteiger partial charge in [-0.05, 0) is 20.3 Å². The van der Waals surface area contributed by atoms with Gasteiger partial charge < -0.3 is 5.32 Å². The standard InChI is InChI=1S/C14H21N5/c1-4-7-13-17-12(8-14(18-13)15-5-2)11-9-16-19(6-3)10-11/h8-10H,4-7H2,1-3H3,(H,15,17,18). The third kappa shape index (κ3) is 3.30. The van der Waals surface area contributed by atoms with Gasteiger partial charge in [-0.1, -0.05) is 6.92 Å². The van der Waals surface area contributed by atoms with Gasteiger partial charge in [0, 0.05) is 37.3 Å².